The molecule has 0 heterocycles. The van der Waals surface area contributed by atoms with Crippen molar-refractivity contribution in [3.05, 3.63) is 35.3 Å². The molecule has 2 rings (SSSR count). The molecule has 0 spiro atoms. The number of aliphatic hydroxyl groups is 1. The summed E-state index contributed by atoms with van der Waals surface area (Å²) in [7, 11) is 0. The van der Waals surface area contributed by atoms with Crippen molar-refractivity contribution in [2.75, 3.05) is 6.54 Å². The second kappa shape index (κ2) is 4.45. The summed E-state index contributed by atoms with van der Waals surface area (Å²) in [6.45, 7) is 2.16. The van der Waals surface area contributed by atoms with Crippen molar-refractivity contribution in [1.82, 2.24) is 5.32 Å². The molecule has 0 unspecified atom stereocenters. The van der Waals surface area contributed by atoms with E-state index in [1.165, 1.54) is 6.08 Å². The first-order chi connectivity index (χ1) is 8.00. The predicted octanol–water partition coefficient (Wildman–Crippen LogP) is 2.21. The van der Waals surface area contributed by atoms with E-state index in [1.807, 2.05) is 0 Å². The second-order valence-corrected chi connectivity index (χ2v) is 4.79. The van der Waals surface area contributed by atoms with Crippen LogP contribution in [0.4, 0.5) is 4.39 Å². The Morgan fingerprint density at radius 2 is 2.24 bits per heavy atom. The van der Waals surface area contributed by atoms with Crippen molar-refractivity contribution >= 4 is 5.71 Å². The molecule has 0 bridgehead atoms. The fourth-order valence-electron chi connectivity index (χ4n) is 1.94. The van der Waals surface area contributed by atoms with E-state index in [2.05, 4.69) is 5.32 Å². The Hall–Kier alpha value is -1.42. The van der Waals surface area contributed by atoms with Crippen LogP contribution in [-0.4, -0.2) is 23.0 Å². The van der Waals surface area contributed by atoms with Gasteiger partial charge in [0.15, 0.2) is 0 Å². The van der Waals surface area contributed by atoms with E-state index in [0.29, 0.717) is 17.7 Å². The Bertz CT molecular complexity index is 431. The van der Waals surface area contributed by atoms with Crippen LogP contribution in [-0.2, 0) is 0 Å². The van der Waals surface area contributed by atoms with Gasteiger partial charge in [-0.05, 0) is 43.9 Å². The minimum absolute atomic E-state index is 0.154. The summed E-state index contributed by atoms with van der Waals surface area (Å²) in [5, 5.41) is 20.5. The van der Waals surface area contributed by atoms with Crippen molar-refractivity contribution < 1.29 is 9.50 Å². The fourth-order valence-corrected chi connectivity index (χ4v) is 1.94. The van der Waals surface area contributed by atoms with Gasteiger partial charge in [-0.1, -0.05) is 0 Å². The van der Waals surface area contributed by atoms with Crippen molar-refractivity contribution in [1.29, 1.82) is 5.41 Å². The summed E-state index contributed by atoms with van der Waals surface area (Å²) < 4.78 is 13.1. The summed E-state index contributed by atoms with van der Waals surface area (Å²) in [6, 6.07) is 0. The molecule has 0 aromatic heterocycles. The first-order valence-corrected chi connectivity index (χ1v) is 5.81. The average Bonchev–Trinajstić information content (AvgIpc) is 2.23. The van der Waals surface area contributed by atoms with E-state index in [-0.39, 0.29) is 11.5 Å². The molecule has 0 aromatic carbocycles. The monoisotopic (exact) mass is 236 g/mol. The molecule has 92 valence electrons. The number of nitrogens with one attached hydrogen (secondary N) is 2. The van der Waals surface area contributed by atoms with Gasteiger partial charge in [-0.2, -0.15) is 0 Å². The first kappa shape index (κ1) is 12.0. The van der Waals surface area contributed by atoms with Gasteiger partial charge < -0.3 is 15.8 Å². The zero-order valence-corrected chi connectivity index (χ0v) is 9.89. The van der Waals surface area contributed by atoms with E-state index in [4.69, 9.17) is 5.41 Å². The maximum absolute atomic E-state index is 13.1. The molecule has 1 saturated carbocycles. The first-order valence-electron chi connectivity index (χ1n) is 5.81. The van der Waals surface area contributed by atoms with E-state index < -0.39 is 5.60 Å². The largest absolute Gasteiger partial charge is 0.388 e. The molecule has 17 heavy (non-hydrogen) atoms. The topological polar surface area (TPSA) is 56.1 Å². The Morgan fingerprint density at radius 1 is 1.53 bits per heavy atom. The van der Waals surface area contributed by atoms with Gasteiger partial charge in [0.2, 0.25) is 0 Å². The van der Waals surface area contributed by atoms with Crippen LogP contribution in [0.5, 0.6) is 0 Å². The van der Waals surface area contributed by atoms with Crippen LogP contribution in [0.1, 0.15) is 26.2 Å². The molecule has 3 N–H and O–H groups in total. The Morgan fingerprint density at radius 3 is 2.82 bits per heavy atom. The van der Waals surface area contributed by atoms with Crippen LogP contribution in [0.2, 0.25) is 0 Å². The summed E-state index contributed by atoms with van der Waals surface area (Å²) in [4.78, 5) is 0. The van der Waals surface area contributed by atoms with Gasteiger partial charge in [0.05, 0.1) is 11.3 Å². The third-order valence-corrected chi connectivity index (χ3v) is 3.30. The molecule has 0 atom stereocenters. The third-order valence-electron chi connectivity index (χ3n) is 3.30. The summed E-state index contributed by atoms with van der Waals surface area (Å²) >= 11 is 0. The molecular weight excluding hydrogens is 219 g/mol. The molecule has 0 aromatic rings. The lowest BCUT2D eigenvalue weighted by molar-refractivity contribution is -0.0287. The second-order valence-electron chi connectivity index (χ2n) is 4.79. The highest BCUT2D eigenvalue weighted by atomic mass is 19.1. The van der Waals surface area contributed by atoms with Crippen LogP contribution >= 0.6 is 0 Å². The number of rotatable bonds is 3. The van der Waals surface area contributed by atoms with Gasteiger partial charge in [0.1, 0.15) is 5.83 Å². The molecule has 0 saturated heterocycles. The van der Waals surface area contributed by atoms with E-state index in [1.54, 1.807) is 19.2 Å². The molecule has 2 aliphatic rings. The molecule has 2 aliphatic carbocycles. The van der Waals surface area contributed by atoms with Gasteiger partial charge in [0.25, 0.3) is 0 Å². The van der Waals surface area contributed by atoms with Crippen molar-refractivity contribution in [3.8, 4) is 0 Å². The van der Waals surface area contributed by atoms with Crippen molar-refractivity contribution in [3.63, 3.8) is 0 Å². The lowest BCUT2D eigenvalue weighted by Crippen LogP contribution is -2.45. The van der Waals surface area contributed by atoms with Crippen LogP contribution < -0.4 is 5.32 Å². The minimum Gasteiger partial charge on any atom is -0.388 e. The van der Waals surface area contributed by atoms with Gasteiger partial charge >= 0.3 is 0 Å². The maximum atomic E-state index is 13.1. The van der Waals surface area contributed by atoms with Crippen LogP contribution in [0.3, 0.4) is 0 Å². The van der Waals surface area contributed by atoms with Gasteiger partial charge in [0, 0.05) is 18.3 Å². The number of allylic oxidation sites excluding steroid dienone is 5. The number of hydrogen-bond acceptors (Lipinski definition) is 3. The Kier molecular flexibility index (Phi) is 3.15. The molecule has 0 amide bonds. The van der Waals surface area contributed by atoms with Crippen LogP contribution in [0.25, 0.3) is 0 Å². The van der Waals surface area contributed by atoms with Gasteiger partial charge in [-0.25, -0.2) is 4.39 Å². The average molecular weight is 236 g/mol. The van der Waals surface area contributed by atoms with E-state index in [0.717, 1.165) is 19.3 Å². The number of hydrogen-bond donors (Lipinski definition) is 3. The van der Waals surface area contributed by atoms with Gasteiger partial charge in [-0.3, -0.25) is 0 Å². The SMILES string of the molecule is CC1=C/C(=C/NCC2(O)CCC2)C(=N)C=C1F. The summed E-state index contributed by atoms with van der Waals surface area (Å²) in [6.07, 6.45) is 7.23. The summed E-state index contributed by atoms with van der Waals surface area (Å²) in [5.74, 6) is -0.357. The van der Waals surface area contributed by atoms with Crippen molar-refractivity contribution in [2.45, 2.75) is 31.8 Å². The smallest absolute Gasteiger partial charge is 0.128 e. The highest BCUT2D eigenvalue weighted by Gasteiger charge is 2.33. The van der Waals surface area contributed by atoms with Crippen molar-refractivity contribution in [2.24, 2.45) is 0 Å². The zero-order valence-electron chi connectivity index (χ0n) is 9.89. The van der Waals surface area contributed by atoms with E-state index in [9.17, 15) is 9.50 Å². The highest BCUT2D eigenvalue weighted by Crippen LogP contribution is 2.30. The normalized spacial score (nSPS) is 25.1. The minimum atomic E-state index is -0.590. The molecule has 3 nitrogen and oxygen atoms in total. The predicted molar refractivity (Wildman–Crippen MR) is 65.6 cm³/mol. The Labute approximate surface area is 100 Å². The van der Waals surface area contributed by atoms with E-state index >= 15 is 0 Å². The maximum Gasteiger partial charge on any atom is 0.128 e. The van der Waals surface area contributed by atoms with Crippen LogP contribution in [0, 0.1) is 5.41 Å². The Balaban J connectivity index is 1.96. The molecule has 0 radical (unpaired) electrons. The van der Waals surface area contributed by atoms with Gasteiger partial charge in [-0.15, -0.1) is 0 Å². The summed E-state index contributed by atoms with van der Waals surface area (Å²) in [5.41, 5.74) is 0.734. The quantitative estimate of drug-likeness (QED) is 0.703. The molecule has 1 fully saturated rings. The lowest BCUT2D eigenvalue weighted by Gasteiger charge is -2.36. The zero-order chi connectivity index (χ0) is 12.5. The molecule has 0 aliphatic heterocycles. The standard InChI is InChI=1S/C13H17FN2O/c1-9-5-10(12(15)6-11(9)14)7-16-8-13(17)3-2-4-13/h5-7,15-17H,2-4,8H2,1H3/b10-7-,15-12?. The number of halogens is 1. The lowest BCUT2D eigenvalue weighted by atomic mass is 9.80. The molecular formula is C13H17FN2O. The fraction of sp³-hybridized carbons (Fsp3) is 0.462. The third kappa shape index (κ3) is 2.64. The highest BCUT2D eigenvalue weighted by molar-refractivity contribution is 6.10. The van der Waals surface area contributed by atoms with Crippen LogP contribution in [0.15, 0.2) is 35.3 Å². The molecule has 4 heteroatoms.